The van der Waals surface area contributed by atoms with Gasteiger partial charge in [0, 0.05) is 12.5 Å². The third kappa shape index (κ3) is 3.22. The Morgan fingerprint density at radius 1 is 1.44 bits per heavy atom. The zero-order valence-corrected chi connectivity index (χ0v) is 11.7. The number of sulfone groups is 1. The molecule has 0 spiro atoms. The van der Waals surface area contributed by atoms with Crippen LogP contribution in [0.4, 0.5) is 0 Å². The summed E-state index contributed by atoms with van der Waals surface area (Å²) in [5, 5.41) is 0. The van der Waals surface area contributed by atoms with Crippen LogP contribution >= 0.6 is 0 Å². The molecule has 104 valence electrons. The van der Waals surface area contributed by atoms with Gasteiger partial charge in [-0.25, -0.2) is 13.2 Å². The molecule has 0 aliphatic carbocycles. The Hall–Kier alpha value is -1.11. The molecule has 0 aromatic carbocycles. The largest absolute Gasteiger partial charge is 0.467 e. The van der Waals surface area contributed by atoms with Gasteiger partial charge in [0.2, 0.25) is 5.91 Å². The van der Waals surface area contributed by atoms with Gasteiger partial charge in [0.1, 0.15) is 6.04 Å². The lowest BCUT2D eigenvalue weighted by molar-refractivity contribution is -0.153. The zero-order valence-electron chi connectivity index (χ0n) is 10.9. The quantitative estimate of drug-likeness (QED) is 0.674. The molecule has 1 aliphatic heterocycles. The van der Waals surface area contributed by atoms with Crippen LogP contribution in [-0.2, 0) is 24.2 Å². The molecule has 1 aliphatic rings. The molecule has 2 atom stereocenters. The molecule has 0 saturated carbocycles. The zero-order chi connectivity index (χ0) is 13.9. The van der Waals surface area contributed by atoms with Crippen molar-refractivity contribution < 1.29 is 22.7 Å². The molecular formula is C11H19NO5S. The number of ether oxygens (including phenoxy) is 1. The number of carbonyl (C=O) groups excluding carboxylic acids is 2. The molecule has 18 heavy (non-hydrogen) atoms. The summed E-state index contributed by atoms with van der Waals surface area (Å²) in [6, 6.07) is -1.17. The van der Waals surface area contributed by atoms with Gasteiger partial charge in [0.15, 0.2) is 9.84 Å². The highest BCUT2D eigenvalue weighted by molar-refractivity contribution is 7.91. The number of nitrogens with zero attached hydrogens (tertiary/aromatic N) is 1. The Bertz CT molecular complexity index is 431. The van der Waals surface area contributed by atoms with Crippen molar-refractivity contribution in [2.24, 2.45) is 0 Å². The fourth-order valence-electron chi connectivity index (χ4n) is 2.20. The molecule has 1 heterocycles. The first kappa shape index (κ1) is 14.9. The molecule has 6 nitrogen and oxygen atoms in total. The number of carbonyl (C=O) groups is 2. The maximum Gasteiger partial charge on any atom is 0.328 e. The second-order valence-electron chi connectivity index (χ2n) is 4.41. The molecule has 1 fully saturated rings. The summed E-state index contributed by atoms with van der Waals surface area (Å²) in [4.78, 5) is 24.8. The molecule has 0 unspecified atom stereocenters. The van der Waals surface area contributed by atoms with Crippen LogP contribution in [0.1, 0.15) is 26.7 Å². The molecule has 0 bridgehead atoms. The molecule has 0 aromatic heterocycles. The minimum absolute atomic E-state index is 0.0685. The topological polar surface area (TPSA) is 80.8 Å². The van der Waals surface area contributed by atoms with Crippen LogP contribution in [0.3, 0.4) is 0 Å². The first-order valence-electron chi connectivity index (χ1n) is 5.91. The lowest BCUT2D eigenvalue weighted by Crippen LogP contribution is -2.50. The first-order valence-corrected chi connectivity index (χ1v) is 7.74. The normalized spacial score (nSPS) is 23.4. The van der Waals surface area contributed by atoms with Gasteiger partial charge in [0.25, 0.3) is 0 Å². The highest BCUT2D eigenvalue weighted by Crippen LogP contribution is 2.21. The van der Waals surface area contributed by atoms with Gasteiger partial charge in [-0.05, 0) is 13.3 Å². The summed E-state index contributed by atoms with van der Waals surface area (Å²) < 4.78 is 27.5. The van der Waals surface area contributed by atoms with Gasteiger partial charge in [-0.3, -0.25) is 4.79 Å². The van der Waals surface area contributed by atoms with E-state index in [2.05, 4.69) is 4.74 Å². The Morgan fingerprint density at radius 2 is 2.06 bits per heavy atom. The summed E-state index contributed by atoms with van der Waals surface area (Å²) in [7, 11) is -1.85. The second kappa shape index (κ2) is 5.69. The van der Waals surface area contributed by atoms with E-state index in [4.69, 9.17) is 0 Å². The third-order valence-corrected chi connectivity index (χ3v) is 4.90. The number of amides is 1. The smallest absolute Gasteiger partial charge is 0.328 e. The van der Waals surface area contributed by atoms with Crippen LogP contribution < -0.4 is 0 Å². The maximum atomic E-state index is 11.9. The number of rotatable bonds is 4. The summed E-state index contributed by atoms with van der Waals surface area (Å²) in [5.74, 6) is -0.754. The van der Waals surface area contributed by atoms with Gasteiger partial charge >= 0.3 is 5.97 Å². The molecule has 1 amide bonds. The molecule has 0 aromatic rings. The van der Waals surface area contributed by atoms with E-state index in [1.165, 1.54) is 12.0 Å². The highest BCUT2D eigenvalue weighted by atomic mass is 32.2. The molecular weight excluding hydrogens is 258 g/mol. The number of hydrogen-bond acceptors (Lipinski definition) is 5. The minimum atomic E-state index is -3.09. The van der Waals surface area contributed by atoms with Crippen LogP contribution in [0.5, 0.6) is 0 Å². The lowest BCUT2D eigenvalue weighted by atomic mass is 10.1. The minimum Gasteiger partial charge on any atom is -0.467 e. The molecule has 0 radical (unpaired) electrons. The fraction of sp³-hybridized carbons (Fsp3) is 0.818. The summed E-state index contributed by atoms with van der Waals surface area (Å²) in [6.07, 6.45) is 0.618. The SMILES string of the molecule is CCC(=O)N([C@H]1CCS(=O)(=O)C1)[C@H](C)C(=O)OC. The van der Waals surface area contributed by atoms with Gasteiger partial charge in [-0.15, -0.1) is 0 Å². The third-order valence-electron chi connectivity index (χ3n) is 3.15. The van der Waals surface area contributed by atoms with E-state index in [9.17, 15) is 18.0 Å². The van der Waals surface area contributed by atoms with Crippen molar-refractivity contribution in [3.63, 3.8) is 0 Å². The Morgan fingerprint density at radius 3 is 2.44 bits per heavy atom. The van der Waals surface area contributed by atoms with Crippen molar-refractivity contribution in [1.82, 2.24) is 4.90 Å². The van der Waals surface area contributed by atoms with Crippen LogP contribution in [0, 0.1) is 0 Å². The van der Waals surface area contributed by atoms with Gasteiger partial charge < -0.3 is 9.64 Å². The lowest BCUT2D eigenvalue weighted by Gasteiger charge is -2.32. The standard InChI is InChI=1S/C11H19NO5S/c1-4-10(13)12(8(2)11(14)17-3)9-5-6-18(15,16)7-9/h8-9H,4-7H2,1-3H3/t8-,9+/m1/s1. The fourth-order valence-corrected chi connectivity index (χ4v) is 3.91. The van der Waals surface area contributed by atoms with Crippen molar-refractivity contribution in [1.29, 1.82) is 0 Å². The van der Waals surface area contributed by atoms with Crippen molar-refractivity contribution in [3.05, 3.63) is 0 Å². The molecule has 1 rings (SSSR count). The predicted octanol–water partition coefficient (Wildman–Crippen LogP) is -0.0264. The highest BCUT2D eigenvalue weighted by Gasteiger charge is 2.38. The Labute approximate surface area is 107 Å². The van der Waals surface area contributed by atoms with E-state index in [0.29, 0.717) is 6.42 Å². The van der Waals surface area contributed by atoms with Crippen LogP contribution in [0.15, 0.2) is 0 Å². The monoisotopic (exact) mass is 277 g/mol. The second-order valence-corrected chi connectivity index (χ2v) is 6.64. The number of hydrogen-bond donors (Lipinski definition) is 0. The summed E-state index contributed by atoms with van der Waals surface area (Å²) in [6.45, 7) is 3.24. The van der Waals surface area contributed by atoms with Crippen LogP contribution in [0.2, 0.25) is 0 Å². The van der Waals surface area contributed by atoms with E-state index < -0.39 is 27.9 Å². The predicted molar refractivity (Wildman–Crippen MR) is 65.7 cm³/mol. The number of methoxy groups -OCH3 is 1. The van der Waals surface area contributed by atoms with Crippen LogP contribution in [0.25, 0.3) is 0 Å². The van der Waals surface area contributed by atoms with Gasteiger partial charge in [-0.1, -0.05) is 6.92 Å². The van der Waals surface area contributed by atoms with Crippen molar-refractivity contribution in [2.45, 2.75) is 38.8 Å². The van der Waals surface area contributed by atoms with Crippen LogP contribution in [-0.4, -0.2) is 55.9 Å². The average molecular weight is 277 g/mol. The maximum absolute atomic E-state index is 11.9. The van der Waals surface area contributed by atoms with E-state index in [1.807, 2.05) is 0 Å². The molecule has 0 N–H and O–H groups in total. The molecule has 1 saturated heterocycles. The average Bonchev–Trinajstić information content (AvgIpc) is 2.68. The van der Waals surface area contributed by atoms with Gasteiger partial charge in [0.05, 0.1) is 18.6 Å². The van der Waals surface area contributed by atoms with E-state index in [0.717, 1.165) is 0 Å². The van der Waals surface area contributed by atoms with E-state index >= 15 is 0 Å². The van der Waals surface area contributed by atoms with E-state index in [-0.39, 0.29) is 23.8 Å². The Balaban J connectivity index is 2.93. The summed E-state index contributed by atoms with van der Waals surface area (Å²) >= 11 is 0. The number of esters is 1. The first-order chi connectivity index (χ1) is 8.32. The summed E-state index contributed by atoms with van der Waals surface area (Å²) in [5.41, 5.74) is 0. The van der Waals surface area contributed by atoms with E-state index in [1.54, 1.807) is 13.8 Å². The van der Waals surface area contributed by atoms with Gasteiger partial charge in [-0.2, -0.15) is 0 Å². The van der Waals surface area contributed by atoms with Crippen molar-refractivity contribution >= 4 is 21.7 Å². The Kier molecular flexibility index (Phi) is 4.72. The van der Waals surface area contributed by atoms with Crippen molar-refractivity contribution in [3.8, 4) is 0 Å². The van der Waals surface area contributed by atoms with Crippen molar-refractivity contribution in [2.75, 3.05) is 18.6 Å². The molecule has 7 heteroatoms.